The SMILES string of the molecule is COc1cccc(CC(=O)NCCn2ccn3nc(-c4ccc(C)cc4C)cc3c2=O)c1. The number of hydrogen-bond acceptors (Lipinski definition) is 4. The van der Waals surface area contributed by atoms with Crippen molar-refractivity contribution in [2.24, 2.45) is 0 Å². The van der Waals surface area contributed by atoms with Crippen LogP contribution in [-0.2, 0) is 17.8 Å². The number of ether oxygens (including phenoxy) is 1. The number of rotatable bonds is 7. The van der Waals surface area contributed by atoms with Gasteiger partial charge >= 0.3 is 0 Å². The van der Waals surface area contributed by atoms with Gasteiger partial charge in [0.1, 0.15) is 11.3 Å². The van der Waals surface area contributed by atoms with Gasteiger partial charge in [0.25, 0.3) is 5.56 Å². The number of amides is 1. The second kappa shape index (κ2) is 9.09. The Morgan fingerprint density at radius 2 is 1.94 bits per heavy atom. The van der Waals surface area contributed by atoms with Crippen molar-refractivity contribution >= 4 is 11.4 Å². The van der Waals surface area contributed by atoms with Crippen LogP contribution >= 0.6 is 0 Å². The fourth-order valence-corrected chi connectivity index (χ4v) is 3.78. The lowest BCUT2D eigenvalue weighted by Gasteiger charge is -2.08. The van der Waals surface area contributed by atoms with Crippen LogP contribution in [0.3, 0.4) is 0 Å². The maximum atomic E-state index is 12.9. The Hall–Kier alpha value is -3.87. The molecule has 0 fully saturated rings. The number of methoxy groups -OCH3 is 1. The van der Waals surface area contributed by atoms with E-state index in [1.54, 1.807) is 28.6 Å². The minimum absolute atomic E-state index is 0.103. The molecule has 0 saturated heterocycles. The minimum Gasteiger partial charge on any atom is -0.497 e. The van der Waals surface area contributed by atoms with Crippen LogP contribution in [0.2, 0.25) is 0 Å². The molecule has 0 unspecified atom stereocenters. The molecule has 7 nitrogen and oxygen atoms in total. The van der Waals surface area contributed by atoms with Crippen molar-refractivity contribution < 1.29 is 9.53 Å². The second-order valence-electron chi connectivity index (χ2n) is 7.85. The summed E-state index contributed by atoms with van der Waals surface area (Å²) < 4.78 is 8.39. The Kier molecular flexibility index (Phi) is 6.07. The normalized spacial score (nSPS) is 11.0. The Balaban J connectivity index is 1.44. The summed E-state index contributed by atoms with van der Waals surface area (Å²) in [5.74, 6) is 0.616. The second-order valence-corrected chi connectivity index (χ2v) is 7.85. The van der Waals surface area contributed by atoms with Crippen LogP contribution in [0.1, 0.15) is 16.7 Å². The van der Waals surface area contributed by atoms with Crippen LogP contribution in [0.4, 0.5) is 0 Å². The van der Waals surface area contributed by atoms with Gasteiger partial charge in [-0.2, -0.15) is 5.10 Å². The molecule has 0 saturated carbocycles. The van der Waals surface area contributed by atoms with E-state index in [4.69, 9.17) is 4.74 Å². The van der Waals surface area contributed by atoms with Crippen molar-refractivity contribution in [2.75, 3.05) is 13.7 Å². The molecular weight excluding hydrogens is 404 g/mol. The zero-order valence-electron chi connectivity index (χ0n) is 18.5. The monoisotopic (exact) mass is 430 g/mol. The van der Waals surface area contributed by atoms with Gasteiger partial charge in [-0.3, -0.25) is 9.59 Å². The van der Waals surface area contributed by atoms with E-state index in [2.05, 4.69) is 23.4 Å². The number of hydrogen-bond donors (Lipinski definition) is 1. The predicted octanol–water partition coefficient (Wildman–Crippen LogP) is 3.15. The highest BCUT2D eigenvalue weighted by Crippen LogP contribution is 2.23. The summed E-state index contributed by atoms with van der Waals surface area (Å²) in [6.45, 7) is 4.83. The van der Waals surface area contributed by atoms with Gasteiger partial charge in [0.15, 0.2) is 0 Å². The van der Waals surface area contributed by atoms with Gasteiger partial charge in [0, 0.05) is 31.0 Å². The number of aryl methyl sites for hydroxylation is 2. The van der Waals surface area contributed by atoms with Crippen molar-refractivity contribution in [2.45, 2.75) is 26.8 Å². The largest absolute Gasteiger partial charge is 0.497 e. The van der Waals surface area contributed by atoms with Crippen LogP contribution in [0, 0.1) is 13.8 Å². The molecule has 0 atom stereocenters. The molecule has 164 valence electrons. The Morgan fingerprint density at radius 3 is 2.72 bits per heavy atom. The summed E-state index contributed by atoms with van der Waals surface area (Å²) in [5.41, 5.74) is 5.32. The molecule has 0 spiro atoms. The molecule has 1 N–H and O–H groups in total. The Labute approximate surface area is 186 Å². The fraction of sp³-hybridized carbons (Fsp3) is 0.240. The van der Waals surface area contributed by atoms with Crippen LogP contribution in [0.15, 0.2) is 65.7 Å². The molecule has 4 aromatic rings. The van der Waals surface area contributed by atoms with Crippen LogP contribution in [0.5, 0.6) is 5.75 Å². The summed E-state index contributed by atoms with van der Waals surface area (Å²) in [4.78, 5) is 25.2. The number of nitrogens with zero attached hydrogens (tertiary/aromatic N) is 3. The lowest BCUT2D eigenvalue weighted by molar-refractivity contribution is -0.120. The molecule has 0 aliphatic heterocycles. The zero-order chi connectivity index (χ0) is 22.7. The Morgan fingerprint density at radius 1 is 1.09 bits per heavy atom. The van der Waals surface area contributed by atoms with E-state index in [9.17, 15) is 9.59 Å². The molecule has 32 heavy (non-hydrogen) atoms. The van der Waals surface area contributed by atoms with E-state index in [1.807, 2.05) is 49.4 Å². The number of carbonyl (C=O) groups excluding carboxylic acids is 1. The van der Waals surface area contributed by atoms with Crippen molar-refractivity contribution in [1.82, 2.24) is 19.5 Å². The van der Waals surface area contributed by atoms with E-state index < -0.39 is 0 Å². The maximum Gasteiger partial charge on any atom is 0.276 e. The standard InChI is InChI=1S/C25H26N4O3/c1-17-7-8-21(18(2)13-17)22-16-23-25(31)28(11-12-29(23)27-22)10-9-26-24(30)15-19-5-4-6-20(14-19)32-3/h4-8,11-14,16H,9-10,15H2,1-3H3,(H,26,30). The third-order valence-corrected chi connectivity index (χ3v) is 5.44. The highest BCUT2D eigenvalue weighted by molar-refractivity contribution is 5.78. The first-order valence-corrected chi connectivity index (χ1v) is 10.5. The van der Waals surface area contributed by atoms with Gasteiger partial charge in [-0.05, 0) is 43.2 Å². The minimum atomic E-state index is -0.141. The van der Waals surface area contributed by atoms with Crippen molar-refractivity contribution in [3.05, 3.63) is 88.0 Å². The third-order valence-electron chi connectivity index (χ3n) is 5.44. The van der Waals surface area contributed by atoms with Crippen LogP contribution in [-0.4, -0.2) is 33.7 Å². The quantitative estimate of drug-likeness (QED) is 0.489. The van der Waals surface area contributed by atoms with E-state index in [-0.39, 0.29) is 17.9 Å². The molecule has 2 heterocycles. The van der Waals surface area contributed by atoms with Crippen LogP contribution < -0.4 is 15.6 Å². The van der Waals surface area contributed by atoms with E-state index in [0.717, 1.165) is 28.1 Å². The highest BCUT2D eigenvalue weighted by atomic mass is 16.5. The van der Waals surface area contributed by atoms with Gasteiger partial charge in [-0.1, -0.05) is 35.9 Å². The predicted molar refractivity (Wildman–Crippen MR) is 124 cm³/mol. The molecule has 0 radical (unpaired) electrons. The summed E-state index contributed by atoms with van der Waals surface area (Å²) in [6, 6.07) is 15.4. The number of benzene rings is 2. The van der Waals surface area contributed by atoms with Crippen molar-refractivity contribution in [3.8, 4) is 17.0 Å². The zero-order valence-corrected chi connectivity index (χ0v) is 18.5. The van der Waals surface area contributed by atoms with E-state index >= 15 is 0 Å². The summed E-state index contributed by atoms with van der Waals surface area (Å²) in [5, 5.41) is 7.44. The van der Waals surface area contributed by atoms with Crippen molar-refractivity contribution in [1.29, 1.82) is 0 Å². The van der Waals surface area contributed by atoms with Gasteiger partial charge in [-0.15, -0.1) is 0 Å². The molecule has 2 aromatic heterocycles. The molecule has 7 heteroatoms. The smallest absolute Gasteiger partial charge is 0.276 e. The summed E-state index contributed by atoms with van der Waals surface area (Å²) >= 11 is 0. The highest BCUT2D eigenvalue weighted by Gasteiger charge is 2.11. The first kappa shape index (κ1) is 21.4. The molecule has 4 rings (SSSR count). The topological polar surface area (TPSA) is 77.6 Å². The van der Waals surface area contributed by atoms with Gasteiger partial charge in [0.2, 0.25) is 5.91 Å². The Bertz CT molecular complexity index is 1340. The van der Waals surface area contributed by atoms with E-state index in [0.29, 0.717) is 18.6 Å². The summed E-state index contributed by atoms with van der Waals surface area (Å²) in [7, 11) is 1.60. The average Bonchev–Trinajstić information content (AvgIpc) is 3.20. The van der Waals surface area contributed by atoms with E-state index in [1.165, 1.54) is 5.56 Å². The number of carbonyl (C=O) groups is 1. The maximum absolute atomic E-state index is 12.9. The summed E-state index contributed by atoms with van der Waals surface area (Å²) in [6.07, 6.45) is 3.72. The lowest BCUT2D eigenvalue weighted by atomic mass is 10.0. The van der Waals surface area contributed by atoms with Crippen molar-refractivity contribution in [3.63, 3.8) is 0 Å². The van der Waals surface area contributed by atoms with Crippen LogP contribution in [0.25, 0.3) is 16.8 Å². The third kappa shape index (κ3) is 4.56. The molecule has 0 aliphatic carbocycles. The van der Waals surface area contributed by atoms with Gasteiger partial charge < -0.3 is 14.6 Å². The first-order chi connectivity index (χ1) is 15.4. The van der Waals surface area contributed by atoms with Gasteiger partial charge in [-0.25, -0.2) is 4.52 Å². The molecular formula is C25H26N4O3. The first-order valence-electron chi connectivity index (χ1n) is 10.5. The molecule has 2 aromatic carbocycles. The van der Waals surface area contributed by atoms with Gasteiger partial charge in [0.05, 0.1) is 19.2 Å². The average molecular weight is 431 g/mol. The fourth-order valence-electron chi connectivity index (χ4n) is 3.78. The molecule has 0 aliphatic rings. The lowest BCUT2D eigenvalue weighted by Crippen LogP contribution is -2.32. The number of aromatic nitrogens is 3. The molecule has 0 bridgehead atoms. The number of nitrogens with one attached hydrogen (secondary N) is 1. The molecule has 1 amide bonds. The number of fused-ring (bicyclic) bond motifs is 1.